The number of nitrogens with one attached hydrogen (secondary N) is 1. The largest absolute Gasteiger partial charge is 0.486 e. The van der Waals surface area contributed by atoms with Gasteiger partial charge in [-0.2, -0.15) is 0 Å². The Morgan fingerprint density at radius 3 is 2.47 bits per heavy atom. The summed E-state index contributed by atoms with van der Waals surface area (Å²) in [7, 11) is 0. The zero-order valence-electron chi connectivity index (χ0n) is 19.3. The molecule has 1 fully saturated rings. The first-order valence-corrected chi connectivity index (χ1v) is 12.6. The summed E-state index contributed by atoms with van der Waals surface area (Å²) < 4.78 is 11.6. The summed E-state index contributed by atoms with van der Waals surface area (Å²) in [5.74, 6) is 1.65. The average Bonchev–Trinajstić information content (AvgIpc) is 2.84. The van der Waals surface area contributed by atoms with Gasteiger partial charge in [0.15, 0.2) is 11.9 Å². The van der Waals surface area contributed by atoms with Crippen LogP contribution in [0.15, 0.2) is 42.5 Å². The molecule has 1 saturated carbocycles. The van der Waals surface area contributed by atoms with Crippen molar-refractivity contribution in [3.05, 3.63) is 52.5 Å². The van der Waals surface area contributed by atoms with Crippen LogP contribution in [0, 0.1) is 5.92 Å². The summed E-state index contributed by atoms with van der Waals surface area (Å²) in [5.41, 5.74) is 0.921. The highest BCUT2D eigenvalue weighted by Crippen LogP contribution is 2.36. The van der Waals surface area contributed by atoms with E-state index in [4.69, 9.17) is 32.7 Å². The van der Waals surface area contributed by atoms with Crippen molar-refractivity contribution in [3.8, 4) is 11.5 Å². The molecule has 0 radical (unpaired) electrons. The molecule has 1 aliphatic carbocycles. The molecule has 1 atom stereocenters. The second kappa shape index (κ2) is 11.3. The average molecular weight is 505 g/mol. The van der Waals surface area contributed by atoms with E-state index in [9.17, 15) is 9.59 Å². The van der Waals surface area contributed by atoms with Gasteiger partial charge in [0.05, 0.1) is 12.2 Å². The molecule has 0 bridgehead atoms. The van der Waals surface area contributed by atoms with Crippen LogP contribution in [0.1, 0.15) is 39.0 Å². The van der Waals surface area contributed by atoms with Gasteiger partial charge in [0.25, 0.3) is 5.91 Å². The number of amides is 1. The Morgan fingerprint density at radius 1 is 1.06 bits per heavy atom. The molecule has 2 aliphatic rings. The zero-order valence-corrected chi connectivity index (χ0v) is 20.8. The predicted octanol–water partition coefficient (Wildman–Crippen LogP) is 5.29. The molecule has 34 heavy (non-hydrogen) atoms. The van der Waals surface area contributed by atoms with E-state index >= 15 is 0 Å². The van der Waals surface area contributed by atoms with Gasteiger partial charge >= 0.3 is 0 Å². The Kier molecular flexibility index (Phi) is 8.22. The number of benzene rings is 2. The van der Waals surface area contributed by atoms with Gasteiger partial charge in [0.2, 0.25) is 0 Å². The van der Waals surface area contributed by atoms with Crippen molar-refractivity contribution in [2.45, 2.75) is 51.2 Å². The molecule has 2 aromatic rings. The van der Waals surface area contributed by atoms with E-state index in [0.29, 0.717) is 40.4 Å². The van der Waals surface area contributed by atoms with E-state index in [-0.39, 0.29) is 24.3 Å². The first kappa shape index (κ1) is 24.7. The number of anilines is 1. The number of hydrogen-bond acceptors (Lipinski definition) is 5. The fourth-order valence-corrected chi connectivity index (χ4v) is 4.94. The molecule has 0 aromatic heterocycles. The standard InChI is InChI=1S/C26H30Cl2N2O4/c1-2-30-15-25(34-24-12-7-19(28)14-23(24)30)26(32)29-20-8-3-17(4-9-20)13-21(31)16-33-22-10-5-18(27)6-11-22/h5-7,10-12,14,17,20,25H,2-4,8-9,13,15-16H2,1H3,(H,29,32)/t17?,20?,25-/m0/s1. The van der Waals surface area contributed by atoms with Crippen molar-refractivity contribution in [1.82, 2.24) is 5.32 Å². The lowest BCUT2D eigenvalue weighted by molar-refractivity contribution is -0.129. The van der Waals surface area contributed by atoms with Crippen molar-refractivity contribution in [2.75, 3.05) is 24.6 Å². The van der Waals surface area contributed by atoms with Crippen molar-refractivity contribution in [1.29, 1.82) is 0 Å². The summed E-state index contributed by atoms with van der Waals surface area (Å²) in [6.07, 6.45) is 3.48. The maximum Gasteiger partial charge on any atom is 0.263 e. The molecule has 6 nitrogen and oxygen atoms in total. The van der Waals surface area contributed by atoms with Gasteiger partial charge in [0, 0.05) is 29.1 Å². The third-order valence-electron chi connectivity index (χ3n) is 6.51. The summed E-state index contributed by atoms with van der Waals surface area (Å²) in [4.78, 5) is 27.4. The van der Waals surface area contributed by atoms with E-state index in [2.05, 4.69) is 10.2 Å². The number of likely N-dealkylation sites (N-methyl/N-ethyl adjacent to an activating group) is 1. The van der Waals surface area contributed by atoms with Gasteiger partial charge < -0.3 is 19.7 Å². The molecular formula is C26H30Cl2N2O4. The molecule has 1 heterocycles. The molecule has 1 amide bonds. The summed E-state index contributed by atoms with van der Waals surface area (Å²) >= 11 is 12.0. The lowest BCUT2D eigenvalue weighted by Crippen LogP contribution is -2.51. The number of ketones is 1. The molecule has 4 rings (SSSR count). The summed E-state index contributed by atoms with van der Waals surface area (Å²) in [6, 6.07) is 12.6. The van der Waals surface area contributed by atoms with Crippen LogP contribution in [0.2, 0.25) is 10.0 Å². The van der Waals surface area contributed by atoms with E-state index in [1.54, 1.807) is 30.3 Å². The number of hydrogen-bond donors (Lipinski definition) is 1. The fourth-order valence-electron chi connectivity index (χ4n) is 4.64. The van der Waals surface area contributed by atoms with Crippen LogP contribution in [0.5, 0.6) is 11.5 Å². The first-order valence-electron chi connectivity index (χ1n) is 11.8. The van der Waals surface area contributed by atoms with Gasteiger partial charge in [-0.3, -0.25) is 9.59 Å². The van der Waals surface area contributed by atoms with Crippen LogP contribution in [-0.4, -0.2) is 43.5 Å². The number of Topliss-reactive ketones (excluding diaryl/α,β-unsaturated/α-hetero) is 1. The van der Waals surface area contributed by atoms with Crippen molar-refractivity contribution >= 4 is 40.6 Å². The van der Waals surface area contributed by atoms with E-state index in [0.717, 1.165) is 37.9 Å². The molecule has 182 valence electrons. The molecule has 2 aromatic carbocycles. The first-order chi connectivity index (χ1) is 16.4. The lowest BCUT2D eigenvalue weighted by atomic mass is 9.83. The maximum atomic E-state index is 12.9. The van der Waals surface area contributed by atoms with Crippen molar-refractivity contribution in [3.63, 3.8) is 0 Å². The van der Waals surface area contributed by atoms with Crippen LogP contribution in [0.4, 0.5) is 5.69 Å². The third-order valence-corrected chi connectivity index (χ3v) is 7.00. The minimum Gasteiger partial charge on any atom is -0.486 e. The monoisotopic (exact) mass is 504 g/mol. The SMILES string of the molecule is CCN1C[C@@H](C(=O)NC2CCC(CC(=O)COc3ccc(Cl)cc3)CC2)Oc2ccc(Cl)cc21. The van der Waals surface area contributed by atoms with Gasteiger partial charge in [0.1, 0.15) is 18.1 Å². The maximum absolute atomic E-state index is 12.9. The van der Waals surface area contributed by atoms with Crippen LogP contribution < -0.4 is 19.7 Å². The Bertz CT molecular complexity index is 1010. The lowest BCUT2D eigenvalue weighted by Gasteiger charge is -2.36. The molecule has 1 aliphatic heterocycles. The number of carbonyl (C=O) groups excluding carboxylic acids is 2. The van der Waals surface area contributed by atoms with Gasteiger partial charge in [-0.1, -0.05) is 23.2 Å². The minimum absolute atomic E-state index is 0.0674. The Hall–Kier alpha value is -2.44. The molecule has 8 heteroatoms. The Balaban J connectivity index is 1.21. The predicted molar refractivity (Wildman–Crippen MR) is 134 cm³/mol. The number of ether oxygens (including phenoxy) is 2. The molecule has 0 unspecified atom stereocenters. The number of rotatable bonds is 8. The highest BCUT2D eigenvalue weighted by atomic mass is 35.5. The smallest absolute Gasteiger partial charge is 0.263 e. The molecule has 0 saturated heterocycles. The van der Waals surface area contributed by atoms with Crippen LogP contribution in [0.3, 0.4) is 0 Å². The van der Waals surface area contributed by atoms with Crippen molar-refractivity contribution in [2.24, 2.45) is 5.92 Å². The second-order valence-electron chi connectivity index (χ2n) is 8.97. The third kappa shape index (κ3) is 6.36. The second-order valence-corrected chi connectivity index (χ2v) is 9.84. The molecule has 1 N–H and O–H groups in total. The van der Waals surface area contributed by atoms with Crippen LogP contribution in [-0.2, 0) is 9.59 Å². The van der Waals surface area contributed by atoms with Gasteiger partial charge in [-0.15, -0.1) is 0 Å². The highest BCUT2D eigenvalue weighted by Gasteiger charge is 2.32. The van der Waals surface area contributed by atoms with Gasteiger partial charge in [-0.05, 0) is 81.0 Å². The molecular weight excluding hydrogens is 475 g/mol. The Morgan fingerprint density at radius 2 is 1.76 bits per heavy atom. The Labute approximate surface area is 210 Å². The topological polar surface area (TPSA) is 67.9 Å². The number of carbonyl (C=O) groups is 2. The minimum atomic E-state index is -0.557. The number of halogens is 2. The summed E-state index contributed by atoms with van der Waals surface area (Å²) in [6.45, 7) is 3.38. The van der Waals surface area contributed by atoms with E-state index < -0.39 is 6.10 Å². The summed E-state index contributed by atoms with van der Waals surface area (Å²) in [5, 5.41) is 4.45. The van der Waals surface area contributed by atoms with Crippen LogP contribution >= 0.6 is 23.2 Å². The fraction of sp³-hybridized carbons (Fsp3) is 0.462. The number of nitrogens with zero attached hydrogens (tertiary/aromatic N) is 1. The quantitative estimate of drug-likeness (QED) is 0.528. The van der Waals surface area contributed by atoms with Crippen molar-refractivity contribution < 1.29 is 19.1 Å². The normalized spacial score (nSPS) is 21.9. The van der Waals surface area contributed by atoms with Gasteiger partial charge in [-0.25, -0.2) is 0 Å². The highest BCUT2D eigenvalue weighted by molar-refractivity contribution is 6.31. The van der Waals surface area contributed by atoms with E-state index in [1.807, 2.05) is 19.1 Å². The molecule has 0 spiro atoms. The zero-order chi connectivity index (χ0) is 24.1. The number of fused-ring (bicyclic) bond motifs is 1. The van der Waals surface area contributed by atoms with E-state index in [1.165, 1.54) is 0 Å². The van der Waals surface area contributed by atoms with Crippen LogP contribution in [0.25, 0.3) is 0 Å².